The van der Waals surface area contributed by atoms with E-state index in [0.29, 0.717) is 6.04 Å². The monoisotopic (exact) mass is 168 g/mol. The first-order valence-corrected chi connectivity index (χ1v) is 3.98. The Bertz CT molecular complexity index is 271. The quantitative estimate of drug-likeness (QED) is 0.685. The molecule has 0 atom stereocenters. The fourth-order valence-electron chi connectivity index (χ4n) is 0.984. The van der Waals surface area contributed by atoms with E-state index in [9.17, 15) is 4.39 Å². The normalized spacial score (nSPS) is 10.4. The number of aromatic nitrogens is 1. The lowest BCUT2D eigenvalue weighted by Gasteiger charge is -2.11. The Morgan fingerprint density at radius 3 is 2.67 bits per heavy atom. The second-order valence-electron chi connectivity index (χ2n) is 3.12. The van der Waals surface area contributed by atoms with Crippen molar-refractivity contribution in [2.75, 3.05) is 5.32 Å². The van der Waals surface area contributed by atoms with Crippen molar-refractivity contribution in [3.63, 3.8) is 0 Å². The van der Waals surface area contributed by atoms with Gasteiger partial charge < -0.3 is 5.32 Å². The van der Waals surface area contributed by atoms with Crippen LogP contribution in [0, 0.1) is 12.9 Å². The highest BCUT2D eigenvalue weighted by Gasteiger charge is 2.01. The highest BCUT2D eigenvalue weighted by molar-refractivity contribution is 5.48. The Labute approximate surface area is 71.8 Å². The van der Waals surface area contributed by atoms with Crippen LogP contribution in [-0.2, 0) is 0 Å². The number of nitrogens with zero attached hydrogens (tertiary/aromatic N) is 1. The van der Waals surface area contributed by atoms with Gasteiger partial charge in [0.1, 0.15) is 0 Å². The van der Waals surface area contributed by atoms with E-state index in [-0.39, 0.29) is 0 Å². The number of rotatable bonds is 2. The first-order valence-electron chi connectivity index (χ1n) is 3.98. The van der Waals surface area contributed by atoms with E-state index in [0.717, 1.165) is 11.3 Å². The van der Waals surface area contributed by atoms with Crippen LogP contribution in [0.5, 0.6) is 0 Å². The molecule has 1 rings (SSSR count). The van der Waals surface area contributed by atoms with E-state index in [1.54, 1.807) is 0 Å². The van der Waals surface area contributed by atoms with E-state index in [4.69, 9.17) is 0 Å². The molecule has 0 fully saturated rings. The highest BCUT2D eigenvalue weighted by atomic mass is 19.1. The van der Waals surface area contributed by atoms with E-state index >= 15 is 0 Å². The molecular formula is C9H13FN2. The molecule has 0 saturated heterocycles. The van der Waals surface area contributed by atoms with Crippen molar-refractivity contribution in [2.24, 2.45) is 0 Å². The summed E-state index contributed by atoms with van der Waals surface area (Å²) < 4.78 is 12.5. The molecule has 1 aromatic heterocycles. The zero-order chi connectivity index (χ0) is 9.14. The van der Waals surface area contributed by atoms with Crippen LogP contribution in [0.1, 0.15) is 19.4 Å². The van der Waals surface area contributed by atoms with E-state index < -0.39 is 5.95 Å². The van der Waals surface area contributed by atoms with Crippen LogP contribution in [0.15, 0.2) is 12.3 Å². The second-order valence-corrected chi connectivity index (χ2v) is 3.12. The molecule has 0 aliphatic carbocycles. The van der Waals surface area contributed by atoms with Gasteiger partial charge in [0, 0.05) is 6.04 Å². The smallest absolute Gasteiger partial charge is 0.213 e. The number of halogens is 1. The van der Waals surface area contributed by atoms with E-state index in [2.05, 4.69) is 10.3 Å². The SMILES string of the molecule is Cc1cc(F)ncc1NC(C)C. The first kappa shape index (κ1) is 8.97. The van der Waals surface area contributed by atoms with Crippen LogP contribution >= 0.6 is 0 Å². The third kappa shape index (κ3) is 2.19. The van der Waals surface area contributed by atoms with Crippen LogP contribution in [0.3, 0.4) is 0 Å². The summed E-state index contributed by atoms with van der Waals surface area (Å²) >= 11 is 0. The number of hydrogen-bond acceptors (Lipinski definition) is 2. The summed E-state index contributed by atoms with van der Waals surface area (Å²) in [4.78, 5) is 3.56. The largest absolute Gasteiger partial charge is 0.381 e. The fraction of sp³-hybridized carbons (Fsp3) is 0.444. The van der Waals surface area contributed by atoms with Gasteiger partial charge in [-0.2, -0.15) is 4.39 Å². The maximum atomic E-state index is 12.5. The van der Waals surface area contributed by atoms with Crippen LogP contribution in [0.4, 0.5) is 10.1 Å². The first-order chi connectivity index (χ1) is 5.59. The third-order valence-electron chi connectivity index (χ3n) is 1.52. The average Bonchev–Trinajstić information content (AvgIpc) is 1.94. The van der Waals surface area contributed by atoms with Gasteiger partial charge in [0.05, 0.1) is 11.9 Å². The number of aryl methyl sites for hydroxylation is 1. The summed E-state index contributed by atoms with van der Waals surface area (Å²) in [6, 6.07) is 1.76. The maximum absolute atomic E-state index is 12.5. The van der Waals surface area contributed by atoms with E-state index in [1.165, 1.54) is 12.3 Å². The molecule has 0 saturated carbocycles. The lowest BCUT2D eigenvalue weighted by Crippen LogP contribution is -2.11. The van der Waals surface area contributed by atoms with Crippen molar-refractivity contribution in [1.29, 1.82) is 0 Å². The van der Waals surface area contributed by atoms with Gasteiger partial charge in [-0.3, -0.25) is 0 Å². The van der Waals surface area contributed by atoms with Gasteiger partial charge in [-0.25, -0.2) is 4.98 Å². The van der Waals surface area contributed by atoms with Gasteiger partial charge in [0.15, 0.2) is 0 Å². The minimum Gasteiger partial charge on any atom is -0.381 e. The summed E-state index contributed by atoms with van der Waals surface area (Å²) in [5.74, 6) is -0.429. The van der Waals surface area contributed by atoms with Gasteiger partial charge in [-0.1, -0.05) is 0 Å². The van der Waals surface area contributed by atoms with E-state index in [1.807, 2.05) is 20.8 Å². The maximum Gasteiger partial charge on any atom is 0.213 e. The lowest BCUT2D eigenvalue weighted by atomic mass is 10.2. The van der Waals surface area contributed by atoms with Crippen LogP contribution in [0.2, 0.25) is 0 Å². The number of hydrogen-bond donors (Lipinski definition) is 1. The lowest BCUT2D eigenvalue weighted by molar-refractivity contribution is 0.582. The Morgan fingerprint density at radius 1 is 1.50 bits per heavy atom. The van der Waals surface area contributed by atoms with Crippen molar-refractivity contribution in [3.05, 3.63) is 23.8 Å². The molecule has 66 valence electrons. The molecule has 1 heterocycles. The Kier molecular flexibility index (Phi) is 2.63. The molecule has 3 heteroatoms. The Morgan fingerprint density at radius 2 is 2.17 bits per heavy atom. The molecule has 1 aromatic rings. The molecule has 0 spiro atoms. The van der Waals surface area contributed by atoms with Crippen LogP contribution in [-0.4, -0.2) is 11.0 Å². The van der Waals surface area contributed by atoms with Crippen molar-refractivity contribution in [1.82, 2.24) is 4.98 Å². The minimum atomic E-state index is -0.429. The molecule has 0 amide bonds. The van der Waals surface area contributed by atoms with Gasteiger partial charge in [0.25, 0.3) is 0 Å². The van der Waals surface area contributed by atoms with Crippen LogP contribution in [0.25, 0.3) is 0 Å². The number of nitrogens with one attached hydrogen (secondary N) is 1. The van der Waals surface area contributed by atoms with Crippen molar-refractivity contribution < 1.29 is 4.39 Å². The molecule has 0 radical (unpaired) electrons. The van der Waals surface area contributed by atoms with Crippen molar-refractivity contribution in [3.8, 4) is 0 Å². The van der Waals surface area contributed by atoms with Gasteiger partial charge in [-0.15, -0.1) is 0 Å². The minimum absolute atomic E-state index is 0.343. The predicted molar refractivity (Wildman–Crippen MR) is 47.7 cm³/mol. The van der Waals surface area contributed by atoms with Gasteiger partial charge >= 0.3 is 0 Å². The molecule has 0 bridgehead atoms. The zero-order valence-electron chi connectivity index (χ0n) is 7.56. The topological polar surface area (TPSA) is 24.9 Å². The summed E-state index contributed by atoms with van der Waals surface area (Å²) in [5, 5.41) is 3.17. The zero-order valence-corrected chi connectivity index (χ0v) is 7.56. The summed E-state index contributed by atoms with van der Waals surface area (Å²) in [5.41, 5.74) is 1.78. The molecule has 0 aromatic carbocycles. The molecule has 2 nitrogen and oxygen atoms in total. The Hall–Kier alpha value is -1.12. The van der Waals surface area contributed by atoms with Gasteiger partial charge in [-0.05, 0) is 32.4 Å². The summed E-state index contributed by atoms with van der Waals surface area (Å²) in [6.45, 7) is 5.92. The van der Waals surface area contributed by atoms with Crippen LogP contribution < -0.4 is 5.32 Å². The fourth-order valence-corrected chi connectivity index (χ4v) is 0.984. The Balaban J connectivity index is 2.86. The van der Waals surface area contributed by atoms with Crippen molar-refractivity contribution >= 4 is 5.69 Å². The predicted octanol–water partition coefficient (Wildman–Crippen LogP) is 2.35. The third-order valence-corrected chi connectivity index (χ3v) is 1.52. The molecule has 1 N–H and O–H groups in total. The molecule has 0 aliphatic rings. The standard InChI is InChI=1S/C9H13FN2/c1-6(2)12-8-5-11-9(10)4-7(8)3/h4-6,12H,1-3H3. The number of anilines is 1. The summed E-state index contributed by atoms with van der Waals surface area (Å²) in [6.07, 6.45) is 1.52. The number of pyridine rings is 1. The molecule has 0 aliphatic heterocycles. The molecule has 0 unspecified atom stereocenters. The second kappa shape index (κ2) is 3.52. The average molecular weight is 168 g/mol. The molecule has 12 heavy (non-hydrogen) atoms. The molecular weight excluding hydrogens is 155 g/mol. The van der Waals surface area contributed by atoms with Crippen molar-refractivity contribution in [2.45, 2.75) is 26.8 Å². The van der Waals surface area contributed by atoms with Gasteiger partial charge in [0.2, 0.25) is 5.95 Å². The highest BCUT2D eigenvalue weighted by Crippen LogP contribution is 2.13. The summed E-state index contributed by atoms with van der Waals surface area (Å²) in [7, 11) is 0.